The molecule has 0 amide bonds. The summed E-state index contributed by atoms with van der Waals surface area (Å²) < 4.78 is 62.5. The van der Waals surface area contributed by atoms with Crippen molar-refractivity contribution in [3.05, 3.63) is 139 Å². The molecule has 0 aliphatic carbocycles. The van der Waals surface area contributed by atoms with Crippen LogP contribution in [0.5, 0.6) is 17.2 Å². The summed E-state index contributed by atoms with van der Waals surface area (Å²) in [5.74, 6) is 0.671. The van der Waals surface area contributed by atoms with Crippen LogP contribution in [0.1, 0.15) is 77.8 Å². The predicted molar refractivity (Wildman–Crippen MR) is 273 cm³/mol. The summed E-state index contributed by atoms with van der Waals surface area (Å²) in [6.45, 7) is 12.2. The first-order chi connectivity index (χ1) is 35.1. The van der Waals surface area contributed by atoms with Crippen LogP contribution in [0.2, 0.25) is 0 Å². The zero-order valence-electron chi connectivity index (χ0n) is 42.6. The Kier molecular flexibility index (Phi) is 18.2. The number of hydrogen-bond acceptors (Lipinski definition) is 17. The normalized spacial score (nSPS) is 17.9. The Morgan fingerprint density at radius 2 is 1.40 bits per heavy atom. The number of ether oxygens (including phenoxy) is 7. The van der Waals surface area contributed by atoms with E-state index >= 15 is 4.79 Å². The zero-order valence-corrected chi connectivity index (χ0v) is 43.5. The van der Waals surface area contributed by atoms with Crippen molar-refractivity contribution < 1.29 is 51.8 Å². The van der Waals surface area contributed by atoms with Gasteiger partial charge in [-0.15, -0.1) is 0 Å². The number of carbonyl (C=O) groups excluding carboxylic acids is 2. The van der Waals surface area contributed by atoms with Gasteiger partial charge in [0.2, 0.25) is 5.78 Å². The van der Waals surface area contributed by atoms with E-state index in [1.165, 1.54) is 12.7 Å². The van der Waals surface area contributed by atoms with Crippen molar-refractivity contribution >= 4 is 37.3 Å². The third-order valence-corrected chi connectivity index (χ3v) is 14.2. The number of carbonyl (C=O) groups is 2. The van der Waals surface area contributed by atoms with Crippen LogP contribution in [-0.2, 0) is 43.2 Å². The fraction of sp³-hybridized carbons (Fsp3) is 0.407. The van der Waals surface area contributed by atoms with Gasteiger partial charge in [-0.25, -0.2) is 19.6 Å². The number of imidazole rings is 1. The Bertz CT molecular complexity index is 2720. The van der Waals surface area contributed by atoms with Crippen molar-refractivity contribution in [2.24, 2.45) is 5.41 Å². The lowest BCUT2D eigenvalue weighted by atomic mass is 9.79. The van der Waals surface area contributed by atoms with Crippen molar-refractivity contribution in [2.75, 3.05) is 40.0 Å². The minimum absolute atomic E-state index is 0.0206. The summed E-state index contributed by atoms with van der Waals surface area (Å²) in [6.07, 6.45) is -3.84. The van der Waals surface area contributed by atoms with Gasteiger partial charge in [-0.3, -0.25) is 14.2 Å². The maximum atomic E-state index is 15.8. The van der Waals surface area contributed by atoms with E-state index in [1.54, 1.807) is 63.8 Å². The van der Waals surface area contributed by atoms with Crippen LogP contribution >= 0.6 is 8.53 Å². The lowest BCUT2D eigenvalue weighted by Gasteiger charge is -2.42. The first-order valence-electron chi connectivity index (χ1n) is 24.0. The molecule has 6 aromatic rings. The molecule has 1 aliphatic heterocycles. The molecule has 2 N–H and O–H groups in total. The zero-order chi connectivity index (χ0) is 52.3. The van der Waals surface area contributed by atoms with Gasteiger partial charge in [-0.2, -0.15) is 5.26 Å². The number of Topliss-reactive ketones (excluding diaryl/α,β-unsaturated/α-hetero) is 1. The quantitative estimate of drug-likeness (QED) is 0.0197. The summed E-state index contributed by atoms with van der Waals surface area (Å²) in [5.41, 5.74) is 6.34. The van der Waals surface area contributed by atoms with E-state index in [0.29, 0.717) is 33.9 Å². The minimum atomic E-state index is -2.09. The van der Waals surface area contributed by atoms with Gasteiger partial charge in [0.15, 0.2) is 30.6 Å². The highest BCUT2D eigenvalue weighted by molar-refractivity contribution is 7.44. The molecule has 4 aromatic carbocycles. The number of nitrogens with zero attached hydrogens (tertiary/aromatic N) is 6. The molecule has 6 atom stereocenters. The fourth-order valence-corrected chi connectivity index (χ4v) is 10.3. The van der Waals surface area contributed by atoms with Gasteiger partial charge < -0.3 is 47.9 Å². The highest BCUT2D eigenvalue weighted by Crippen LogP contribution is 2.53. The van der Waals surface area contributed by atoms with Crippen molar-refractivity contribution in [3.8, 4) is 23.3 Å². The van der Waals surface area contributed by atoms with E-state index in [1.807, 2.05) is 117 Å². The molecular weight excluding hydrogens is 954 g/mol. The summed E-state index contributed by atoms with van der Waals surface area (Å²) >= 11 is 0. The molecule has 2 aromatic heterocycles. The molecule has 3 heterocycles. The van der Waals surface area contributed by atoms with E-state index in [9.17, 15) is 10.1 Å². The Labute approximate surface area is 427 Å². The van der Waals surface area contributed by atoms with Crippen LogP contribution in [0.25, 0.3) is 11.2 Å². The maximum Gasteiger partial charge on any atom is 0.313 e. The number of benzene rings is 4. The van der Waals surface area contributed by atoms with Gasteiger partial charge in [-0.05, 0) is 102 Å². The van der Waals surface area contributed by atoms with E-state index in [0.717, 1.165) is 0 Å². The molecule has 7 rings (SSSR count). The Morgan fingerprint density at radius 1 is 0.808 bits per heavy atom. The Morgan fingerprint density at radius 3 is 1.96 bits per heavy atom. The van der Waals surface area contributed by atoms with Gasteiger partial charge in [0.05, 0.1) is 45.1 Å². The molecule has 73 heavy (non-hydrogen) atoms. The molecule has 18 nitrogen and oxygen atoms in total. The molecule has 0 radical (unpaired) electrons. The molecule has 386 valence electrons. The van der Waals surface area contributed by atoms with Gasteiger partial charge in [0.1, 0.15) is 59.6 Å². The number of methoxy groups -OCH3 is 2. The van der Waals surface area contributed by atoms with Gasteiger partial charge in [0.25, 0.3) is 8.53 Å². The van der Waals surface area contributed by atoms with Crippen LogP contribution in [0.4, 0.5) is 5.82 Å². The molecule has 1 aliphatic rings. The van der Waals surface area contributed by atoms with Crippen LogP contribution in [-0.4, -0.2) is 107 Å². The number of fused-ring (bicyclic) bond motifs is 1. The highest BCUT2D eigenvalue weighted by Gasteiger charge is 2.57. The minimum Gasteiger partial charge on any atom is -0.497 e. The summed E-state index contributed by atoms with van der Waals surface area (Å²) in [7, 11) is 1.08. The van der Waals surface area contributed by atoms with Crippen LogP contribution in [0.3, 0.4) is 0 Å². The standard InChI is InChI=1S/C54H64N7O11P/c1-35(2)61(36(3)4)73(69-30-16-29-55)72-47-46(70-51(48(47)67-34-68-52(63)53(5,6)7)60-33-59-44-49(56)57-32-58-50(44)60)45(43(62)31-66-42-19-14-11-15-20-42)71-54(37-17-12-10-13-18-37,38-21-25-40(64-8)26-22-38)39-23-27-41(65-9)28-24-39/h10-15,17-28,32-33,35-36,45-48,51H,16,30-31,34H2,1-9H3,(H2,56,57,58)/t45?,46-,47-,48-,51-,73?/m1/s1. The molecule has 19 heteroatoms. The number of nitrogens with two attached hydrogens (primary N) is 1. The van der Waals surface area contributed by atoms with Crippen LogP contribution in [0, 0.1) is 16.7 Å². The average molecular weight is 1020 g/mol. The second-order valence-electron chi connectivity index (χ2n) is 18.7. The van der Waals surface area contributed by atoms with E-state index in [4.69, 9.17) is 47.9 Å². The SMILES string of the molecule is COc1ccc(C(OC(C(=O)COc2ccccc2)[C@H]2O[C@@H](n3cnc4c(N)ncnc43)[C@H](OCOC(=O)C(C)(C)C)[C@@H]2OP(OCCC#N)N(C(C)C)C(C)C)(c2ccccc2)c2ccc(OC)cc2)cc1. The Hall–Kier alpha value is -6.55. The Balaban J connectivity index is 1.50. The van der Waals surface area contributed by atoms with E-state index in [2.05, 4.69) is 21.0 Å². The van der Waals surface area contributed by atoms with Crippen molar-refractivity contribution in [1.82, 2.24) is 24.2 Å². The molecule has 0 spiro atoms. The van der Waals surface area contributed by atoms with Crippen LogP contribution < -0.4 is 19.9 Å². The largest absolute Gasteiger partial charge is 0.497 e. The predicted octanol–water partition coefficient (Wildman–Crippen LogP) is 8.94. The molecule has 2 unspecified atom stereocenters. The third kappa shape index (κ3) is 12.5. The molecule has 0 saturated carbocycles. The lowest BCUT2D eigenvalue weighted by Crippen LogP contribution is -2.52. The number of anilines is 1. The van der Waals surface area contributed by atoms with Gasteiger partial charge in [0, 0.05) is 12.1 Å². The maximum absolute atomic E-state index is 15.8. The number of hydrogen-bond donors (Lipinski definition) is 1. The van der Waals surface area contributed by atoms with Gasteiger partial charge in [-0.1, -0.05) is 72.8 Å². The summed E-state index contributed by atoms with van der Waals surface area (Å²) in [4.78, 5) is 42.4. The second kappa shape index (κ2) is 24.4. The topological polar surface area (TPSA) is 214 Å². The number of ketones is 1. The molecule has 0 bridgehead atoms. The number of nitriles is 1. The number of rotatable bonds is 24. The van der Waals surface area contributed by atoms with Crippen molar-refractivity contribution in [1.29, 1.82) is 5.26 Å². The fourth-order valence-electron chi connectivity index (χ4n) is 8.56. The first kappa shape index (κ1) is 54.2. The summed E-state index contributed by atoms with van der Waals surface area (Å²) in [6, 6.07) is 35.2. The number of nitrogen functional groups attached to an aromatic ring is 1. The summed E-state index contributed by atoms with van der Waals surface area (Å²) in [5, 5.41) is 9.70. The van der Waals surface area contributed by atoms with Crippen molar-refractivity contribution in [2.45, 2.75) is 103 Å². The second-order valence-corrected chi connectivity index (χ2v) is 20.1. The van der Waals surface area contributed by atoms with Gasteiger partial charge >= 0.3 is 5.97 Å². The monoisotopic (exact) mass is 1020 g/mol. The number of aromatic nitrogens is 4. The first-order valence-corrected chi connectivity index (χ1v) is 25.1. The smallest absolute Gasteiger partial charge is 0.313 e. The molecule has 1 saturated heterocycles. The van der Waals surface area contributed by atoms with E-state index in [-0.39, 0.29) is 42.1 Å². The van der Waals surface area contributed by atoms with Crippen LogP contribution in [0.15, 0.2) is 122 Å². The van der Waals surface area contributed by atoms with Crippen molar-refractivity contribution in [3.63, 3.8) is 0 Å². The highest BCUT2D eigenvalue weighted by atomic mass is 31.2. The van der Waals surface area contributed by atoms with E-state index < -0.39 is 75.3 Å². The molecule has 1 fully saturated rings. The number of esters is 1. The lowest BCUT2D eigenvalue weighted by molar-refractivity contribution is -0.178. The third-order valence-electron chi connectivity index (χ3n) is 12.0. The molecular formula is C54H64N7O11P. The number of para-hydroxylation sites is 1. The average Bonchev–Trinajstić information content (AvgIpc) is 3.98.